The Morgan fingerprint density at radius 1 is 1.14 bits per heavy atom. The standard InChI is InChI=1S/C16H9ClN2O2S/c17-10-1-3-11(4-2-10)21-13-8-18-9-15-12(13)7-14(22-15)16-19-5-6-20-16/h1-9H. The average Bonchev–Trinajstić information content (AvgIpc) is 3.18. The molecule has 4 aromatic rings. The maximum absolute atomic E-state index is 5.91. The van der Waals surface area contributed by atoms with Gasteiger partial charge >= 0.3 is 0 Å². The molecule has 0 saturated heterocycles. The summed E-state index contributed by atoms with van der Waals surface area (Å²) in [4.78, 5) is 9.34. The Morgan fingerprint density at radius 3 is 2.77 bits per heavy atom. The van der Waals surface area contributed by atoms with Gasteiger partial charge in [0.1, 0.15) is 12.0 Å². The lowest BCUT2D eigenvalue weighted by Crippen LogP contribution is -1.85. The Balaban J connectivity index is 1.76. The van der Waals surface area contributed by atoms with Gasteiger partial charge in [-0.1, -0.05) is 11.6 Å². The van der Waals surface area contributed by atoms with E-state index in [4.69, 9.17) is 20.8 Å². The van der Waals surface area contributed by atoms with Gasteiger partial charge in [-0.25, -0.2) is 4.98 Å². The smallest absolute Gasteiger partial charge is 0.236 e. The first-order valence-electron chi connectivity index (χ1n) is 6.50. The maximum atomic E-state index is 5.91. The molecule has 4 rings (SSSR count). The molecule has 108 valence electrons. The molecule has 3 aromatic heterocycles. The van der Waals surface area contributed by atoms with Crippen molar-refractivity contribution >= 4 is 33.0 Å². The van der Waals surface area contributed by atoms with Gasteiger partial charge in [0, 0.05) is 16.6 Å². The lowest BCUT2D eigenvalue weighted by atomic mass is 10.3. The molecule has 3 heterocycles. The number of nitrogens with zero attached hydrogens (tertiary/aromatic N) is 2. The van der Waals surface area contributed by atoms with Gasteiger partial charge in [0.05, 0.1) is 22.0 Å². The van der Waals surface area contributed by atoms with Crippen LogP contribution in [0, 0.1) is 0 Å². The fourth-order valence-corrected chi connectivity index (χ4v) is 3.21. The molecule has 1 aromatic carbocycles. The van der Waals surface area contributed by atoms with Gasteiger partial charge in [-0.2, -0.15) is 0 Å². The normalized spacial score (nSPS) is 11.0. The van der Waals surface area contributed by atoms with Gasteiger partial charge < -0.3 is 9.15 Å². The fraction of sp³-hybridized carbons (Fsp3) is 0. The van der Waals surface area contributed by atoms with Crippen LogP contribution in [0.1, 0.15) is 0 Å². The third-order valence-corrected chi connectivity index (χ3v) is 4.40. The summed E-state index contributed by atoms with van der Waals surface area (Å²) in [5.74, 6) is 2.00. The van der Waals surface area contributed by atoms with Crippen LogP contribution < -0.4 is 4.74 Å². The van der Waals surface area contributed by atoms with E-state index in [0.29, 0.717) is 22.4 Å². The van der Waals surface area contributed by atoms with Crippen LogP contribution in [0.3, 0.4) is 0 Å². The molecular weight excluding hydrogens is 320 g/mol. The number of oxazole rings is 1. The largest absolute Gasteiger partial charge is 0.455 e. The first-order chi connectivity index (χ1) is 10.8. The van der Waals surface area contributed by atoms with Crippen molar-refractivity contribution in [1.29, 1.82) is 0 Å². The van der Waals surface area contributed by atoms with Crippen LogP contribution in [-0.4, -0.2) is 9.97 Å². The summed E-state index contributed by atoms with van der Waals surface area (Å²) < 4.78 is 12.3. The van der Waals surface area contributed by atoms with Gasteiger partial charge in [-0.05, 0) is 30.3 Å². The van der Waals surface area contributed by atoms with Gasteiger partial charge in [0.2, 0.25) is 5.89 Å². The molecule has 0 aliphatic carbocycles. The highest BCUT2D eigenvalue weighted by Crippen LogP contribution is 2.38. The number of fused-ring (bicyclic) bond motifs is 1. The van der Waals surface area contributed by atoms with Gasteiger partial charge in [-0.3, -0.25) is 4.98 Å². The molecule has 0 saturated carbocycles. The maximum Gasteiger partial charge on any atom is 0.236 e. The summed E-state index contributed by atoms with van der Waals surface area (Å²) in [5.41, 5.74) is 0. The first kappa shape index (κ1) is 13.3. The monoisotopic (exact) mass is 328 g/mol. The number of thiophene rings is 1. The van der Waals surface area contributed by atoms with E-state index in [1.807, 2.05) is 18.2 Å². The molecule has 0 radical (unpaired) electrons. The molecule has 0 amide bonds. The molecule has 0 unspecified atom stereocenters. The third kappa shape index (κ3) is 2.45. The van der Waals surface area contributed by atoms with Gasteiger partial charge in [0.25, 0.3) is 0 Å². The van der Waals surface area contributed by atoms with E-state index >= 15 is 0 Å². The number of hydrogen-bond acceptors (Lipinski definition) is 5. The van der Waals surface area contributed by atoms with E-state index in [1.165, 1.54) is 0 Å². The molecule has 22 heavy (non-hydrogen) atoms. The van der Waals surface area contributed by atoms with Crippen molar-refractivity contribution in [3.8, 4) is 22.3 Å². The van der Waals surface area contributed by atoms with E-state index in [-0.39, 0.29) is 0 Å². The number of hydrogen-bond donors (Lipinski definition) is 0. The zero-order chi connectivity index (χ0) is 14.9. The van der Waals surface area contributed by atoms with Gasteiger partial charge in [-0.15, -0.1) is 11.3 Å². The molecule has 0 aliphatic heterocycles. The van der Waals surface area contributed by atoms with Crippen LogP contribution in [0.4, 0.5) is 0 Å². The molecular formula is C16H9ClN2O2S. The number of halogens is 1. The van der Waals surface area contributed by atoms with Crippen LogP contribution in [0.25, 0.3) is 20.9 Å². The van der Waals surface area contributed by atoms with Crippen molar-refractivity contribution in [3.63, 3.8) is 0 Å². The summed E-state index contributed by atoms with van der Waals surface area (Å²) in [6, 6.07) is 9.22. The van der Waals surface area contributed by atoms with Gasteiger partial charge in [0.15, 0.2) is 5.75 Å². The lowest BCUT2D eigenvalue weighted by Gasteiger charge is -2.06. The minimum absolute atomic E-state index is 0.596. The summed E-state index contributed by atoms with van der Waals surface area (Å²) in [7, 11) is 0. The number of aromatic nitrogens is 2. The highest BCUT2D eigenvalue weighted by molar-refractivity contribution is 7.22. The Hall–Kier alpha value is -2.37. The van der Waals surface area contributed by atoms with Crippen LogP contribution in [-0.2, 0) is 0 Å². The second kappa shape index (κ2) is 5.44. The molecule has 0 spiro atoms. The van der Waals surface area contributed by atoms with E-state index in [1.54, 1.807) is 48.3 Å². The topological polar surface area (TPSA) is 48.2 Å². The molecule has 4 nitrogen and oxygen atoms in total. The van der Waals surface area contributed by atoms with Crippen molar-refractivity contribution in [3.05, 3.63) is 60.2 Å². The fourth-order valence-electron chi connectivity index (χ4n) is 2.10. The lowest BCUT2D eigenvalue weighted by molar-refractivity contribution is 0.486. The van der Waals surface area contributed by atoms with Crippen molar-refractivity contribution in [2.75, 3.05) is 0 Å². The molecule has 0 atom stereocenters. The van der Waals surface area contributed by atoms with Crippen LogP contribution >= 0.6 is 22.9 Å². The minimum atomic E-state index is 0.596. The van der Waals surface area contributed by atoms with Crippen molar-refractivity contribution < 1.29 is 9.15 Å². The highest BCUT2D eigenvalue weighted by Gasteiger charge is 2.12. The van der Waals surface area contributed by atoms with Crippen LogP contribution in [0.5, 0.6) is 11.5 Å². The summed E-state index contributed by atoms with van der Waals surface area (Å²) in [5, 5.41) is 1.65. The second-order valence-electron chi connectivity index (χ2n) is 4.55. The number of benzene rings is 1. The third-order valence-electron chi connectivity index (χ3n) is 3.09. The summed E-state index contributed by atoms with van der Waals surface area (Å²) >= 11 is 7.45. The van der Waals surface area contributed by atoms with Crippen molar-refractivity contribution in [2.24, 2.45) is 0 Å². The highest BCUT2D eigenvalue weighted by atomic mass is 35.5. The van der Waals surface area contributed by atoms with E-state index in [9.17, 15) is 0 Å². The molecule has 0 fully saturated rings. The predicted molar refractivity (Wildman–Crippen MR) is 86.6 cm³/mol. The Morgan fingerprint density at radius 2 is 2.00 bits per heavy atom. The predicted octanol–water partition coefficient (Wildman–Crippen LogP) is 5.40. The van der Waals surface area contributed by atoms with Crippen molar-refractivity contribution in [2.45, 2.75) is 0 Å². The van der Waals surface area contributed by atoms with E-state index in [0.717, 1.165) is 15.0 Å². The molecule has 0 bridgehead atoms. The minimum Gasteiger partial charge on any atom is -0.455 e. The number of rotatable bonds is 3. The van der Waals surface area contributed by atoms with E-state index < -0.39 is 0 Å². The zero-order valence-corrected chi connectivity index (χ0v) is 12.8. The Kier molecular flexibility index (Phi) is 3.29. The SMILES string of the molecule is Clc1ccc(Oc2cncc3sc(-c4ncco4)cc23)cc1. The van der Waals surface area contributed by atoms with E-state index in [2.05, 4.69) is 9.97 Å². The molecule has 0 aliphatic rings. The number of pyridine rings is 1. The molecule has 0 N–H and O–H groups in total. The average molecular weight is 329 g/mol. The first-order valence-corrected chi connectivity index (χ1v) is 7.70. The quantitative estimate of drug-likeness (QED) is 0.505. The summed E-state index contributed by atoms with van der Waals surface area (Å²) in [6.07, 6.45) is 6.69. The zero-order valence-electron chi connectivity index (χ0n) is 11.2. The number of ether oxygens (including phenoxy) is 1. The van der Waals surface area contributed by atoms with Crippen LogP contribution in [0.2, 0.25) is 5.02 Å². The molecule has 6 heteroatoms. The Bertz CT molecular complexity index is 917. The van der Waals surface area contributed by atoms with Crippen LogP contribution in [0.15, 0.2) is 59.6 Å². The second-order valence-corrected chi connectivity index (χ2v) is 6.07. The Labute approximate surface area is 135 Å². The van der Waals surface area contributed by atoms with Crippen molar-refractivity contribution in [1.82, 2.24) is 9.97 Å². The summed E-state index contributed by atoms with van der Waals surface area (Å²) in [6.45, 7) is 0.